The van der Waals surface area contributed by atoms with Crippen molar-refractivity contribution in [3.63, 3.8) is 0 Å². The van der Waals surface area contributed by atoms with Crippen LogP contribution in [0.1, 0.15) is 30.7 Å². The van der Waals surface area contributed by atoms with E-state index >= 15 is 0 Å². The van der Waals surface area contributed by atoms with E-state index in [1.807, 2.05) is 35.2 Å². The lowest BCUT2D eigenvalue weighted by atomic mass is 9.99. The van der Waals surface area contributed by atoms with E-state index in [9.17, 15) is 10.1 Å². The standard InChI is InChI=1S/C18H23N3OS/c19-13-16(15-7-3-1-4-8-15)18-21(17(22)14-23-18)12-11-20-9-5-2-6-10-20/h1,3-4,7-8,16,18H,2,5-6,9-12,14H2. The maximum Gasteiger partial charge on any atom is 0.233 e. The number of nitriles is 1. The number of benzene rings is 1. The van der Waals surface area contributed by atoms with E-state index in [-0.39, 0.29) is 17.2 Å². The smallest absolute Gasteiger partial charge is 0.233 e. The fourth-order valence-corrected chi connectivity index (χ4v) is 4.69. The summed E-state index contributed by atoms with van der Waals surface area (Å²) in [7, 11) is 0. The van der Waals surface area contributed by atoms with Gasteiger partial charge in [-0.15, -0.1) is 11.8 Å². The minimum atomic E-state index is -0.256. The van der Waals surface area contributed by atoms with Gasteiger partial charge in [0.25, 0.3) is 0 Å². The number of carbonyl (C=O) groups excluding carboxylic acids is 1. The van der Waals surface area contributed by atoms with Crippen LogP contribution >= 0.6 is 11.8 Å². The van der Waals surface area contributed by atoms with Crippen LogP contribution in [0.25, 0.3) is 0 Å². The van der Waals surface area contributed by atoms with Crippen molar-refractivity contribution < 1.29 is 4.79 Å². The van der Waals surface area contributed by atoms with Crippen LogP contribution in [-0.2, 0) is 4.79 Å². The third-order valence-electron chi connectivity index (χ3n) is 4.69. The highest BCUT2D eigenvalue weighted by Crippen LogP contribution is 2.35. The first-order valence-electron chi connectivity index (χ1n) is 8.37. The molecule has 2 unspecified atom stereocenters. The lowest BCUT2D eigenvalue weighted by Gasteiger charge is -2.32. The third kappa shape index (κ3) is 3.88. The molecule has 0 radical (unpaired) electrons. The maximum absolute atomic E-state index is 12.3. The number of hydrogen-bond donors (Lipinski definition) is 0. The van der Waals surface area contributed by atoms with E-state index in [1.165, 1.54) is 19.3 Å². The lowest BCUT2D eigenvalue weighted by molar-refractivity contribution is -0.128. The number of piperidine rings is 1. The highest BCUT2D eigenvalue weighted by molar-refractivity contribution is 8.01. The van der Waals surface area contributed by atoms with Crippen LogP contribution in [0.4, 0.5) is 0 Å². The fraction of sp³-hybridized carbons (Fsp3) is 0.556. The van der Waals surface area contributed by atoms with Crippen LogP contribution in [0.3, 0.4) is 0 Å². The van der Waals surface area contributed by atoms with Crippen molar-refractivity contribution >= 4 is 17.7 Å². The molecule has 2 aliphatic rings. The third-order valence-corrected chi connectivity index (χ3v) is 5.98. The van der Waals surface area contributed by atoms with Crippen molar-refractivity contribution in [2.75, 3.05) is 31.9 Å². The topological polar surface area (TPSA) is 47.3 Å². The second-order valence-electron chi connectivity index (χ2n) is 6.21. The first kappa shape index (κ1) is 16.4. The summed E-state index contributed by atoms with van der Waals surface area (Å²) in [4.78, 5) is 16.7. The summed E-state index contributed by atoms with van der Waals surface area (Å²) in [6.45, 7) is 3.94. The van der Waals surface area contributed by atoms with Gasteiger partial charge >= 0.3 is 0 Å². The number of likely N-dealkylation sites (tertiary alicyclic amines) is 1. The molecule has 122 valence electrons. The predicted molar refractivity (Wildman–Crippen MR) is 93.0 cm³/mol. The molecule has 1 aromatic carbocycles. The van der Waals surface area contributed by atoms with E-state index in [1.54, 1.807) is 11.8 Å². The van der Waals surface area contributed by atoms with Crippen molar-refractivity contribution in [2.24, 2.45) is 0 Å². The summed E-state index contributed by atoms with van der Waals surface area (Å²) in [5.74, 6) is 0.414. The average Bonchev–Trinajstić information content (AvgIpc) is 2.96. The van der Waals surface area contributed by atoms with Crippen LogP contribution in [-0.4, -0.2) is 53.0 Å². The molecule has 2 saturated heterocycles. The molecular formula is C18H23N3OS. The van der Waals surface area contributed by atoms with Gasteiger partial charge in [-0.25, -0.2) is 0 Å². The van der Waals surface area contributed by atoms with Crippen LogP contribution in [0.5, 0.6) is 0 Å². The Balaban J connectivity index is 1.67. The minimum absolute atomic E-state index is 0.0558. The average molecular weight is 329 g/mol. The lowest BCUT2D eigenvalue weighted by Crippen LogP contribution is -2.43. The summed E-state index contributed by atoms with van der Waals surface area (Å²) in [5.41, 5.74) is 1.00. The first-order chi connectivity index (χ1) is 11.3. The summed E-state index contributed by atoms with van der Waals surface area (Å²) in [6.07, 6.45) is 3.84. The number of rotatable bonds is 5. The van der Waals surface area contributed by atoms with E-state index in [0.29, 0.717) is 5.75 Å². The van der Waals surface area contributed by atoms with E-state index < -0.39 is 0 Å². The number of hydrogen-bond acceptors (Lipinski definition) is 4. The van der Waals surface area contributed by atoms with E-state index in [4.69, 9.17) is 0 Å². The molecule has 0 aliphatic carbocycles. The van der Waals surface area contributed by atoms with Gasteiger partial charge < -0.3 is 9.80 Å². The fourth-order valence-electron chi connectivity index (χ4n) is 3.40. The normalized spacial score (nSPS) is 23.7. The molecule has 1 amide bonds. The molecule has 2 aliphatic heterocycles. The van der Waals surface area contributed by atoms with Gasteiger partial charge in [-0.2, -0.15) is 5.26 Å². The zero-order chi connectivity index (χ0) is 16.1. The number of nitrogens with zero attached hydrogens (tertiary/aromatic N) is 3. The molecule has 3 rings (SSSR count). The zero-order valence-corrected chi connectivity index (χ0v) is 14.2. The Morgan fingerprint density at radius 3 is 2.61 bits per heavy atom. The van der Waals surface area contributed by atoms with Crippen LogP contribution in [0, 0.1) is 11.3 Å². The molecule has 5 heteroatoms. The van der Waals surface area contributed by atoms with Gasteiger partial charge in [-0.05, 0) is 31.5 Å². The zero-order valence-electron chi connectivity index (χ0n) is 13.4. The molecule has 4 nitrogen and oxygen atoms in total. The largest absolute Gasteiger partial charge is 0.327 e. The SMILES string of the molecule is N#CC(c1ccccc1)C1SCC(=O)N1CCN1CCCCC1. The highest BCUT2D eigenvalue weighted by atomic mass is 32.2. The Kier molecular flexibility index (Phi) is 5.58. The van der Waals surface area contributed by atoms with Crippen LogP contribution in [0.15, 0.2) is 30.3 Å². The molecule has 0 spiro atoms. The van der Waals surface area contributed by atoms with Gasteiger partial charge in [0.05, 0.1) is 17.2 Å². The predicted octanol–water partition coefficient (Wildman–Crippen LogP) is 2.68. The van der Waals surface area contributed by atoms with Gasteiger partial charge in [0.1, 0.15) is 5.92 Å². The molecule has 2 atom stereocenters. The first-order valence-corrected chi connectivity index (χ1v) is 9.42. The van der Waals surface area contributed by atoms with Gasteiger partial charge in [-0.1, -0.05) is 36.8 Å². The number of carbonyl (C=O) groups is 1. The Morgan fingerprint density at radius 2 is 1.91 bits per heavy atom. The molecule has 1 aromatic rings. The van der Waals surface area contributed by atoms with Gasteiger partial charge in [0.15, 0.2) is 0 Å². The van der Waals surface area contributed by atoms with Gasteiger partial charge in [0, 0.05) is 13.1 Å². The number of amides is 1. The van der Waals surface area contributed by atoms with Crippen molar-refractivity contribution in [1.82, 2.24) is 9.80 Å². The van der Waals surface area contributed by atoms with E-state index in [0.717, 1.165) is 31.7 Å². The maximum atomic E-state index is 12.3. The molecule has 23 heavy (non-hydrogen) atoms. The Hall–Kier alpha value is -1.51. The van der Waals surface area contributed by atoms with Crippen molar-refractivity contribution in [1.29, 1.82) is 5.26 Å². The van der Waals surface area contributed by atoms with Crippen molar-refractivity contribution in [2.45, 2.75) is 30.6 Å². The molecular weight excluding hydrogens is 306 g/mol. The summed E-state index contributed by atoms with van der Waals surface area (Å²) in [5, 5.41) is 9.59. The summed E-state index contributed by atoms with van der Waals surface area (Å²) >= 11 is 1.61. The second kappa shape index (κ2) is 7.85. The molecule has 0 saturated carbocycles. The highest BCUT2D eigenvalue weighted by Gasteiger charge is 2.38. The second-order valence-corrected chi connectivity index (χ2v) is 7.31. The quantitative estimate of drug-likeness (QED) is 0.833. The molecule has 2 fully saturated rings. The minimum Gasteiger partial charge on any atom is -0.327 e. The summed E-state index contributed by atoms with van der Waals surface area (Å²) < 4.78 is 0. The molecule has 0 N–H and O–H groups in total. The molecule has 2 heterocycles. The van der Waals surface area contributed by atoms with Gasteiger partial charge in [-0.3, -0.25) is 4.79 Å². The van der Waals surface area contributed by atoms with E-state index in [2.05, 4.69) is 11.0 Å². The number of thioether (sulfide) groups is 1. The Morgan fingerprint density at radius 1 is 1.17 bits per heavy atom. The Labute approximate surface area is 142 Å². The molecule has 0 bridgehead atoms. The monoisotopic (exact) mass is 329 g/mol. The molecule has 0 aromatic heterocycles. The van der Waals surface area contributed by atoms with Crippen molar-refractivity contribution in [3.8, 4) is 6.07 Å². The van der Waals surface area contributed by atoms with Crippen LogP contribution in [0.2, 0.25) is 0 Å². The van der Waals surface area contributed by atoms with Gasteiger partial charge in [0.2, 0.25) is 5.91 Å². The van der Waals surface area contributed by atoms with Crippen LogP contribution < -0.4 is 0 Å². The summed E-state index contributed by atoms with van der Waals surface area (Å²) in [6, 6.07) is 12.3. The van der Waals surface area contributed by atoms with Crippen molar-refractivity contribution in [3.05, 3.63) is 35.9 Å². The Bertz CT molecular complexity index is 565.